The minimum atomic E-state index is -0.166. The number of allylic oxidation sites excluding steroid dienone is 6. The van der Waals surface area contributed by atoms with E-state index >= 15 is 0 Å². The molecule has 31 heavy (non-hydrogen) atoms. The molecule has 0 aromatic heterocycles. The van der Waals surface area contributed by atoms with E-state index in [0.717, 1.165) is 63.7 Å². The fraction of sp³-hybridized carbons (Fsp3) is 0.519. The molecular formula is C27H34O4. The van der Waals surface area contributed by atoms with E-state index in [2.05, 4.69) is 37.3 Å². The Kier molecular flexibility index (Phi) is 7.09. The quantitative estimate of drug-likeness (QED) is 0.527. The maximum Gasteiger partial charge on any atom is 0.189 e. The van der Waals surface area contributed by atoms with Crippen molar-refractivity contribution < 1.29 is 19.0 Å². The van der Waals surface area contributed by atoms with Crippen molar-refractivity contribution in [3.05, 3.63) is 71.0 Å². The highest BCUT2D eigenvalue weighted by Gasteiger charge is 2.43. The number of carbonyl (C=O) groups is 1. The molecule has 2 unspecified atom stereocenters. The molecule has 2 fully saturated rings. The highest BCUT2D eigenvalue weighted by Crippen LogP contribution is 2.47. The van der Waals surface area contributed by atoms with Crippen molar-refractivity contribution in [3.63, 3.8) is 0 Å². The maximum absolute atomic E-state index is 12.9. The molecule has 1 spiro atoms. The largest absolute Gasteiger partial charge is 0.500 e. The second kappa shape index (κ2) is 9.97. The molecule has 2 aliphatic carbocycles. The van der Waals surface area contributed by atoms with Crippen LogP contribution in [-0.2, 0) is 19.0 Å². The lowest BCUT2D eigenvalue weighted by Crippen LogP contribution is -2.45. The monoisotopic (exact) mass is 422 g/mol. The lowest BCUT2D eigenvalue weighted by Gasteiger charge is -2.47. The van der Waals surface area contributed by atoms with Crippen LogP contribution in [0.5, 0.6) is 0 Å². The summed E-state index contributed by atoms with van der Waals surface area (Å²) < 4.78 is 18.3. The van der Waals surface area contributed by atoms with Crippen molar-refractivity contribution in [2.45, 2.75) is 76.1 Å². The lowest BCUT2D eigenvalue weighted by atomic mass is 9.75. The molecule has 2 atom stereocenters. The zero-order valence-electron chi connectivity index (χ0n) is 18.8. The Morgan fingerprint density at radius 2 is 1.97 bits per heavy atom. The molecule has 0 N–H and O–H groups in total. The molecule has 166 valence electrons. The Bertz CT molecular complexity index is 854. The van der Waals surface area contributed by atoms with Gasteiger partial charge in [-0.1, -0.05) is 48.1 Å². The van der Waals surface area contributed by atoms with Gasteiger partial charge >= 0.3 is 0 Å². The topological polar surface area (TPSA) is 44.8 Å². The van der Waals surface area contributed by atoms with Crippen LogP contribution in [0, 0.1) is 0 Å². The molecule has 0 radical (unpaired) electrons. The molecule has 4 rings (SSSR count). The highest BCUT2D eigenvalue weighted by molar-refractivity contribution is 6.07. The summed E-state index contributed by atoms with van der Waals surface area (Å²) in [6.45, 7) is 2.79. The summed E-state index contributed by atoms with van der Waals surface area (Å²) in [5.41, 5.74) is 2.98. The first-order chi connectivity index (χ1) is 15.1. The van der Waals surface area contributed by atoms with Crippen LogP contribution in [0.25, 0.3) is 0 Å². The Labute approximate surface area is 186 Å². The molecule has 1 saturated carbocycles. The van der Waals surface area contributed by atoms with Crippen molar-refractivity contribution in [1.29, 1.82) is 0 Å². The third-order valence-corrected chi connectivity index (χ3v) is 6.82. The molecule has 1 saturated heterocycles. The Balaban J connectivity index is 1.46. The van der Waals surface area contributed by atoms with Crippen molar-refractivity contribution >= 4 is 5.78 Å². The van der Waals surface area contributed by atoms with Gasteiger partial charge in [0.1, 0.15) is 5.76 Å². The summed E-state index contributed by atoms with van der Waals surface area (Å²) in [6.07, 6.45) is 13.3. The first-order valence-corrected chi connectivity index (χ1v) is 11.6. The summed E-state index contributed by atoms with van der Waals surface area (Å²) in [4.78, 5) is 12.9. The van der Waals surface area contributed by atoms with E-state index in [-0.39, 0.29) is 23.6 Å². The van der Waals surface area contributed by atoms with Crippen LogP contribution < -0.4 is 0 Å². The molecule has 1 aliphatic heterocycles. The third-order valence-electron chi connectivity index (χ3n) is 6.82. The Hall–Kier alpha value is -2.17. The van der Waals surface area contributed by atoms with E-state index in [1.165, 1.54) is 11.1 Å². The molecule has 0 bridgehead atoms. The zero-order chi connectivity index (χ0) is 21.7. The number of rotatable bonds is 6. The molecule has 0 amide bonds. The number of ether oxygens (including phenoxy) is 3. The molecule has 1 aromatic carbocycles. The Morgan fingerprint density at radius 1 is 1.19 bits per heavy atom. The summed E-state index contributed by atoms with van der Waals surface area (Å²) in [7, 11) is 1.65. The van der Waals surface area contributed by atoms with Gasteiger partial charge in [-0.15, -0.1) is 0 Å². The van der Waals surface area contributed by atoms with Crippen LogP contribution in [0.3, 0.4) is 0 Å². The second-order valence-corrected chi connectivity index (χ2v) is 8.87. The first-order valence-electron chi connectivity index (χ1n) is 11.6. The van der Waals surface area contributed by atoms with Gasteiger partial charge in [0, 0.05) is 25.9 Å². The average molecular weight is 423 g/mol. The SMILES string of the molecule is CCOC1CC(c2ccccc2)OC2(CCC(=CC(=O)C3=C(OC)CCC=C3)CC2)C1. The van der Waals surface area contributed by atoms with Crippen molar-refractivity contribution in [1.82, 2.24) is 0 Å². The molecule has 1 heterocycles. The summed E-state index contributed by atoms with van der Waals surface area (Å²) >= 11 is 0. The lowest BCUT2D eigenvalue weighted by molar-refractivity contribution is -0.184. The van der Waals surface area contributed by atoms with Gasteiger partial charge in [0.05, 0.1) is 30.5 Å². The predicted molar refractivity (Wildman–Crippen MR) is 122 cm³/mol. The van der Waals surface area contributed by atoms with E-state index in [4.69, 9.17) is 14.2 Å². The van der Waals surface area contributed by atoms with Gasteiger partial charge < -0.3 is 14.2 Å². The van der Waals surface area contributed by atoms with E-state index in [0.29, 0.717) is 5.57 Å². The fourth-order valence-corrected chi connectivity index (χ4v) is 5.20. The zero-order valence-corrected chi connectivity index (χ0v) is 18.8. The van der Waals surface area contributed by atoms with Crippen molar-refractivity contribution in [2.24, 2.45) is 0 Å². The van der Waals surface area contributed by atoms with Gasteiger partial charge in [-0.2, -0.15) is 0 Å². The van der Waals surface area contributed by atoms with Gasteiger partial charge in [0.15, 0.2) is 5.78 Å². The molecule has 1 aromatic rings. The summed E-state index contributed by atoms with van der Waals surface area (Å²) in [5.74, 6) is 0.871. The summed E-state index contributed by atoms with van der Waals surface area (Å²) in [5, 5.41) is 0. The van der Waals surface area contributed by atoms with Gasteiger partial charge in [-0.05, 0) is 50.7 Å². The van der Waals surface area contributed by atoms with Crippen LogP contribution >= 0.6 is 0 Å². The van der Waals surface area contributed by atoms with Crippen molar-refractivity contribution in [2.75, 3.05) is 13.7 Å². The maximum atomic E-state index is 12.9. The average Bonchev–Trinajstić information content (AvgIpc) is 2.81. The van der Waals surface area contributed by atoms with Gasteiger partial charge in [-0.3, -0.25) is 4.79 Å². The third kappa shape index (κ3) is 5.19. The molecule has 4 nitrogen and oxygen atoms in total. The highest BCUT2D eigenvalue weighted by atomic mass is 16.5. The van der Waals surface area contributed by atoms with Crippen LogP contribution in [0.1, 0.15) is 70.0 Å². The van der Waals surface area contributed by atoms with Gasteiger partial charge in [0.2, 0.25) is 0 Å². The molecule has 4 heteroatoms. The van der Waals surface area contributed by atoms with E-state index < -0.39 is 0 Å². The van der Waals surface area contributed by atoms with Gasteiger partial charge in [0.25, 0.3) is 0 Å². The van der Waals surface area contributed by atoms with Crippen LogP contribution in [0.4, 0.5) is 0 Å². The predicted octanol–water partition coefficient (Wildman–Crippen LogP) is 6.00. The van der Waals surface area contributed by atoms with Crippen LogP contribution in [-0.4, -0.2) is 31.2 Å². The van der Waals surface area contributed by atoms with Crippen LogP contribution in [0.15, 0.2) is 65.5 Å². The fourth-order valence-electron chi connectivity index (χ4n) is 5.20. The Morgan fingerprint density at radius 3 is 2.68 bits per heavy atom. The second-order valence-electron chi connectivity index (χ2n) is 8.87. The van der Waals surface area contributed by atoms with Crippen LogP contribution in [0.2, 0.25) is 0 Å². The molecule has 3 aliphatic rings. The molecular weight excluding hydrogens is 388 g/mol. The number of hydrogen-bond acceptors (Lipinski definition) is 4. The standard InChI is InChI=1S/C27H34O4/c1-3-30-22-18-26(21-9-5-4-6-10-21)31-27(19-22)15-13-20(14-16-27)17-24(28)23-11-7-8-12-25(23)29-2/h4-7,9-11,17,22,26H,3,8,12-16,18-19H2,1-2H3. The number of carbonyl (C=O) groups excluding carboxylic acids is 1. The summed E-state index contributed by atoms with van der Waals surface area (Å²) in [6, 6.07) is 10.5. The van der Waals surface area contributed by atoms with Crippen molar-refractivity contribution in [3.8, 4) is 0 Å². The van der Waals surface area contributed by atoms with Gasteiger partial charge in [-0.25, -0.2) is 0 Å². The van der Waals surface area contributed by atoms with E-state index in [1.807, 2.05) is 18.2 Å². The van der Waals surface area contributed by atoms with E-state index in [1.54, 1.807) is 7.11 Å². The number of methoxy groups -OCH3 is 1. The number of ketones is 1. The number of benzene rings is 1. The normalized spacial score (nSPS) is 28.6. The van der Waals surface area contributed by atoms with E-state index in [9.17, 15) is 4.79 Å². The first kappa shape index (κ1) is 22.0. The minimum Gasteiger partial charge on any atom is -0.500 e. The minimum absolute atomic E-state index is 0.0673. The smallest absolute Gasteiger partial charge is 0.189 e. The number of hydrogen-bond donors (Lipinski definition) is 0.